The Hall–Kier alpha value is -4.19. The second-order valence-corrected chi connectivity index (χ2v) is 8.87. The Kier molecular flexibility index (Phi) is 7.64. The van der Waals surface area contributed by atoms with Crippen molar-refractivity contribution in [1.82, 2.24) is 5.32 Å². The lowest BCUT2D eigenvalue weighted by Gasteiger charge is -2.19. The number of hydrogen-bond acceptors (Lipinski definition) is 3. The van der Waals surface area contributed by atoms with Crippen LogP contribution in [0.25, 0.3) is 10.8 Å². The Bertz CT molecular complexity index is 1410. The van der Waals surface area contributed by atoms with E-state index in [4.69, 9.17) is 9.84 Å². The third kappa shape index (κ3) is 5.89. The van der Waals surface area contributed by atoms with E-state index in [1.54, 1.807) is 30.3 Å². The number of amides is 1. The fraction of sp³-hybridized carbons (Fsp3) is 0.200. The van der Waals surface area contributed by atoms with Crippen molar-refractivity contribution >= 4 is 22.6 Å². The van der Waals surface area contributed by atoms with Crippen molar-refractivity contribution in [2.75, 3.05) is 0 Å². The molecule has 4 aromatic carbocycles. The molecule has 0 aliphatic rings. The summed E-state index contributed by atoms with van der Waals surface area (Å²) < 4.78 is 19.8. The molecule has 0 saturated carbocycles. The van der Waals surface area contributed by atoms with Crippen molar-refractivity contribution in [2.45, 2.75) is 39.3 Å². The lowest BCUT2D eigenvalue weighted by atomic mass is 9.97. The summed E-state index contributed by atoms with van der Waals surface area (Å²) in [5.74, 6) is -1.56. The summed E-state index contributed by atoms with van der Waals surface area (Å²) in [6, 6.07) is 23.5. The van der Waals surface area contributed by atoms with Crippen molar-refractivity contribution in [3.05, 3.63) is 112 Å². The first kappa shape index (κ1) is 24.9. The van der Waals surface area contributed by atoms with Gasteiger partial charge in [-0.05, 0) is 71.5 Å². The number of hydrogen-bond donors (Lipinski definition) is 2. The lowest BCUT2D eigenvalue weighted by molar-refractivity contribution is -0.136. The monoisotopic (exact) mass is 485 g/mol. The molecule has 0 saturated heterocycles. The molecular weight excluding hydrogens is 457 g/mol. The number of ether oxygens (including phenoxy) is 1. The van der Waals surface area contributed by atoms with Crippen LogP contribution in [0.15, 0.2) is 78.9 Å². The van der Waals surface area contributed by atoms with Crippen molar-refractivity contribution in [3.63, 3.8) is 0 Å². The van der Waals surface area contributed by atoms with Crippen molar-refractivity contribution in [1.29, 1.82) is 0 Å². The molecule has 0 radical (unpaired) electrons. The molecule has 1 amide bonds. The molecule has 0 aliphatic heterocycles. The first-order valence-electron chi connectivity index (χ1n) is 11.8. The largest absolute Gasteiger partial charge is 0.486 e. The molecule has 2 N–H and O–H groups in total. The van der Waals surface area contributed by atoms with Crippen LogP contribution in [0.2, 0.25) is 0 Å². The van der Waals surface area contributed by atoms with E-state index < -0.39 is 11.8 Å². The van der Waals surface area contributed by atoms with Gasteiger partial charge < -0.3 is 15.2 Å². The van der Waals surface area contributed by atoms with Crippen molar-refractivity contribution in [3.8, 4) is 5.75 Å². The topological polar surface area (TPSA) is 75.6 Å². The van der Waals surface area contributed by atoms with E-state index in [9.17, 15) is 14.0 Å². The van der Waals surface area contributed by atoms with Crippen LogP contribution in [-0.2, 0) is 17.8 Å². The predicted molar refractivity (Wildman–Crippen MR) is 138 cm³/mol. The third-order valence-electron chi connectivity index (χ3n) is 6.15. The molecule has 5 nitrogen and oxygen atoms in total. The highest BCUT2D eigenvalue weighted by Gasteiger charge is 2.18. The number of carbonyl (C=O) groups is 2. The number of rotatable bonds is 9. The SMILES string of the molecule is Cc1ccc(F)c(OCc2ccc(CCC(=O)O)c(C(=O)N[C@H](C)c3cccc4ccccc34)c2)c1. The van der Waals surface area contributed by atoms with E-state index in [-0.39, 0.29) is 37.1 Å². The van der Waals surface area contributed by atoms with Crippen LogP contribution in [0.1, 0.15) is 52.0 Å². The minimum absolute atomic E-state index is 0.0682. The maximum absolute atomic E-state index is 14.1. The third-order valence-corrected chi connectivity index (χ3v) is 6.15. The second-order valence-electron chi connectivity index (χ2n) is 8.87. The zero-order chi connectivity index (χ0) is 25.7. The number of aryl methyl sites for hydroxylation is 2. The number of benzene rings is 4. The smallest absolute Gasteiger partial charge is 0.303 e. The number of nitrogens with one attached hydrogen (secondary N) is 1. The standard InChI is InChI=1S/C30H28FNO4/c1-19-10-14-27(31)28(16-19)36-18-21-11-12-23(13-15-29(33)34)26(17-21)30(35)32-20(2)24-9-5-7-22-6-3-4-8-25(22)24/h3-12,14,16-17,20H,13,15,18H2,1-2H3,(H,32,35)(H,33,34)/t20-/m1/s1. The summed E-state index contributed by atoms with van der Waals surface area (Å²) in [5, 5.41) is 14.4. The van der Waals surface area contributed by atoms with Gasteiger partial charge in [0.15, 0.2) is 11.6 Å². The Morgan fingerprint density at radius 3 is 2.58 bits per heavy atom. The van der Waals surface area contributed by atoms with Crippen LogP contribution in [0, 0.1) is 12.7 Å². The highest BCUT2D eigenvalue weighted by Crippen LogP contribution is 2.25. The van der Waals surface area contributed by atoms with E-state index in [2.05, 4.69) is 5.32 Å². The molecular formula is C30H28FNO4. The summed E-state index contributed by atoms with van der Waals surface area (Å²) in [6.45, 7) is 3.84. The summed E-state index contributed by atoms with van der Waals surface area (Å²) in [7, 11) is 0. The Morgan fingerprint density at radius 1 is 1.00 bits per heavy atom. The highest BCUT2D eigenvalue weighted by atomic mass is 19.1. The minimum Gasteiger partial charge on any atom is -0.486 e. The molecule has 4 aromatic rings. The van der Waals surface area contributed by atoms with Gasteiger partial charge in [0, 0.05) is 12.0 Å². The van der Waals surface area contributed by atoms with Crippen LogP contribution < -0.4 is 10.1 Å². The van der Waals surface area contributed by atoms with Crippen LogP contribution >= 0.6 is 0 Å². The molecule has 0 spiro atoms. The van der Waals surface area contributed by atoms with Crippen LogP contribution in [0.4, 0.5) is 4.39 Å². The van der Waals surface area contributed by atoms with E-state index in [1.807, 2.05) is 56.3 Å². The van der Waals surface area contributed by atoms with Crippen molar-refractivity contribution < 1.29 is 23.8 Å². The Morgan fingerprint density at radius 2 is 1.78 bits per heavy atom. The van der Waals surface area contributed by atoms with Gasteiger partial charge in [-0.1, -0.05) is 60.7 Å². The minimum atomic E-state index is -0.937. The van der Waals surface area contributed by atoms with Gasteiger partial charge in [0.1, 0.15) is 6.61 Å². The molecule has 0 unspecified atom stereocenters. The zero-order valence-electron chi connectivity index (χ0n) is 20.3. The molecule has 0 bridgehead atoms. The van der Waals surface area contributed by atoms with Crippen LogP contribution in [0.5, 0.6) is 5.75 Å². The molecule has 1 atom stereocenters. The van der Waals surface area contributed by atoms with E-state index in [1.165, 1.54) is 6.07 Å². The van der Waals surface area contributed by atoms with Gasteiger partial charge in [-0.2, -0.15) is 0 Å². The van der Waals surface area contributed by atoms with Crippen LogP contribution in [0.3, 0.4) is 0 Å². The number of carboxylic acids is 1. The fourth-order valence-electron chi connectivity index (χ4n) is 4.25. The average Bonchev–Trinajstić information content (AvgIpc) is 2.87. The number of fused-ring (bicyclic) bond motifs is 1. The normalized spacial score (nSPS) is 11.8. The van der Waals surface area contributed by atoms with Gasteiger partial charge in [0.2, 0.25) is 0 Å². The summed E-state index contributed by atoms with van der Waals surface area (Å²) in [4.78, 5) is 24.6. The molecule has 36 heavy (non-hydrogen) atoms. The van der Waals surface area contributed by atoms with Gasteiger partial charge in [0.25, 0.3) is 5.91 Å². The predicted octanol–water partition coefficient (Wildman–Crippen LogP) is 6.37. The van der Waals surface area contributed by atoms with Gasteiger partial charge >= 0.3 is 5.97 Å². The lowest BCUT2D eigenvalue weighted by Crippen LogP contribution is -2.28. The Balaban J connectivity index is 1.58. The van der Waals surface area contributed by atoms with Gasteiger partial charge in [0.05, 0.1) is 6.04 Å². The maximum atomic E-state index is 14.1. The molecule has 184 valence electrons. The number of carboxylic acid groups (broad SMARTS) is 1. The van der Waals surface area contributed by atoms with Gasteiger partial charge in [-0.3, -0.25) is 9.59 Å². The maximum Gasteiger partial charge on any atom is 0.303 e. The van der Waals surface area contributed by atoms with E-state index >= 15 is 0 Å². The van der Waals surface area contributed by atoms with Crippen LogP contribution in [-0.4, -0.2) is 17.0 Å². The molecule has 0 aromatic heterocycles. The first-order chi connectivity index (χ1) is 17.3. The fourth-order valence-corrected chi connectivity index (χ4v) is 4.25. The summed E-state index contributed by atoms with van der Waals surface area (Å²) in [5.41, 5.74) is 3.55. The van der Waals surface area contributed by atoms with Crippen molar-refractivity contribution in [2.24, 2.45) is 0 Å². The quantitative estimate of drug-likeness (QED) is 0.289. The number of carbonyl (C=O) groups excluding carboxylic acids is 1. The average molecular weight is 486 g/mol. The second kappa shape index (κ2) is 11.0. The summed E-state index contributed by atoms with van der Waals surface area (Å²) in [6.07, 6.45) is 0.123. The molecule has 6 heteroatoms. The summed E-state index contributed by atoms with van der Waals surface area (Å²) >= 11 is 0. The van der Waals surface area contributed by atoms with Gasteiger partial charge in [-0.25, -0.2) is 4.39 Å². The van der Waals surface area contributed by atoms with Gasteiger partial charge in [-0.15, -0.1) is 0 Å². The Labute approximate surface area is 209 Å². The molecule has 4 rings (SSSR count). The van der Waals surface area contributed by atoms with E-state index in [0.29, 0.717) is 16.7 Å². The molecule has 0 heterocycles. The molecule has 0 fully saturated rings. The van der Waals surface area contributed by atoms with E-state index in [0.717, 1.165) is 21.9 Å². The zero-order valence-corrected chi connectivity index (χ0v) is 20.3. The highest BCUT2D eigenvalue weighted by molar-refractivity contribution is 5.97. The first-order valence-corrected chi connectivity index (χ1v) is 11.8. The number of aliphatic carboxylic acids is 1. The number of halogens is 1. The molecule has 0 aliphatic carbocycles.